The first-order valence-electron chi connectivity index (χ1n) is 24.5. The third-order valence-corrected chi connectivity index (χ3v) is 11.2. The molecule has 0 unspecified atom stereocenters. The summed E-state index contributed by atoms with van der Waals surface area (Å²) in [7, 11) is 0. The van der Waals surface area contributed by atoms with Gasteiger partial charge in [-0.3, -0.25) is 9.59 Å². The number of hydrazine groups is 1. The van der Waals surface area contributed by atoms with E-state index in [0.717, 1.165) is 116 Å². The maximum Gasteiger partial charge on any atom is 0.306 e. The minimum atomic E-state index is -0.194. The fraction of sp³-hybridized carbons (Fsp3) is 0.917. The highest BCUT2D eigenvalue weighted by atomic mass is 16.5. The Balaban J connectivity index is 4.43. The van der Waals surface area contributed by atoms with Gasteiger partial charge in [-0.2, -0.15) is 0 Å². The Kier molecular flexibility index (Phi) is 42.3. The first kappa shape index (κ1) is 55.2. The van der Waals surface area contributed by atoms with E-state index < -0.39 is 0 Å². The van der Waals surface area contributed by atoms with Gasteiger partial charge in [-0.05, 0) is 83.8 Å². The van der Waals surface area contributed by atoms with Crippen molar-refractivity contribution in [1.82, 2.24) is 9.91 Å². The van der Waals surface area contributed by atoms with Crippen LogP contribution in [0.3, 0.4) is 0 Å². The largest absolute Gasteiger partial charge is 0.466 e. The molecule has 0 rings (SSSR count). The highest BCUT2D eigenvalue weighted by molar-refractivity contribution is 5.69. The second-order valence-corrected chi connectivity index (χ2v) is 16.9. The van der Waals surface area contributed by atoms with Gasteiger partial charge in [-0.25, -0.2) is 5.84 Å². The van der Waals surface area contributed by atoms with Crippen LogP contribution in [-0.4, -0.2) is 72.5 Å². The van der Waals surface area contributed by atoms with Crippen LogP contribution in [0.1, 0.15) is 239 Å². The zero-order valence-electron chi connectivity index (χ0n) is 38.1. The topological polar surface area (TPSA) is 131 Å². The number of carbonyl (C=O) groups excluding carboxylic acids is 2. The molecule has 0 saturated carbocycles. The lowest BCUT2D eigenvalue weighted by Crippen LogP contribution is -2.33. The van der Waals surface area contributed by atoms with Gasteiger partial charge >= 0.3 is 11.9 Å². The van der Waals surface area contributed by atoms with Crippen LogP contribution in [0.15, 0.2) is 11.9 Å². The Bertz CT molecular complexity index is 888. The minimum Gasteiger partial charge on any atom is -0.466 e. The number of ether oxygens (including phenoxy) is 2. The van der Waals surface area contributed by atoms with Gasteiger partial charge in [-0.1, -0.05) is 162 Å². The summed E-state index contributed by atoms with van der Waals surface area (Å²) in [6.45, 7) is 10.9. The fourth-order valence-electron chi connectivity index (χ4n) is 7.53. The van der Waals surface area contributed by atoms with Crippen molar-refractivity contribution in [1.29, 1.82) is 0 Å². The van der Waals surface area contributed by atoms with Gasteiger partial charge in [-0.15, -0.1) is 0 Å². The second kappa shape index (κ2) is 43.7. The predicted octanol–water partition coefficient (Wildman–Crippen LogP) is 12.0. The molecule has 0 aromatic heterocycles. The molecule has 0 bridgehead atoms. The number of aliphatic hydroxyl groups excluding tert-OH is 1. The average Bonchev–Trinajstić information content (AvgIpc) is 3.20. The van der Waals surface area contributed by atoms with E-state index >= 15 is 0 Å². The Morgan fingerprint density at radius 2 is 0.930 bits per heavy atom. The molecule has 0 saturated heterocycles. The van der Waals surface area contributed by atoms with Crippen molar-refractivity contribution in [2.75, 3.05) is 39.4 Å². The van der Waals surface area contributed by atoms with E-state index in [2.05, 4.69) is 25.7 Å². The van der Waals surface area contributed by atoms with E-state index in [1.165, 1.54) is 109 Å². The summed E-state index contributed by atoms with van der Waals surface area (Å²) < 4.78 is 11.5. The van der Waals surface area contributed by atoms with E-state index in [4.69, 9.17) is 21.1 Å². The molecular weight excluding hydrogens is 713 g/mol. The Morgan fingerprint density at radius 1 is 0.526 bits per heavy atom. The zero-order valence-corrected chi connectivity index (χ0v) is 38.1. The molecule has 0 amide bonds. The molecule has 0 heterocycles. The second-order valence-electron chi connectivity index (χ2n) is 16.9. The summed E-state index contributed by atoms with van der Waals surface area (Å²) in [5.41, 5.74) is 6.10. The van der Waals surface area contributed by atoms with E-state index in [9.17, 15) is 14.7 Å². The van der Waals surface area contributed by atoms with Gasteiger partial charge in [0.05, 0.1) is 18.9 Å². The highest BCUT2D eigenvalue weighted by Gasteiger charge is 2.14. The summed E-state index contributed by atoms with van der Waals surface area (Å²) in [4.78, 5) is 27.5. The van der Waals surface area contributed by atoms with Crippen LogP contribution in [0.2, 0.25) is 0 Å². The van der Waals surface area contributed by atoms with Crippen LogP contribution in [0, 0.1) is 0 Å². The molecule has 338 valence electrons. The number of esters is 2. The smallest absolute Gasteiger partial charge is 0.306 e. The first-order valence-corrected chi connectivity index (χ1v) is 24.5. The lowest BCUT2D eigenvalue weighted by molar-refractivity contribution is -0.150. The van der Waals surface area contributed by atoms with Crippen molar-refractivity contribution in [3.63, 3.8) is 0 Å². The molecule has 0 aliphatic heterocycles. The van der Waals surface area contributed by atoms with Crippen LogP contribution in [0.4, 0.5) is 0 Å². The number of unbranched alkanes of at least 4 members (excludes halogenated alkanes) is 24. The summed E-state index contributed by atoms with van der Waals surface area (Å²) >= 11 is 0. The normalized spacial score (nSPS) is 11.9. The van der Waals surface area contributed by atoms with Crippen molar-refractivity contribution in [2.24, 2.45) is 11.6 Å². The van der Waals surface area contributed by atoms with Gasteiger partial charge in [0.15, 0.2) is 0 Å². The molecule has 9 heteroatoms. The van der Waals surface area contributed by atoms with Crippen molar-refractivity contribution < 1.29 is 24.2 Å². The molecule has 0 aliphatic rings. The third kappa shape index (κ3) is 40.7. The van der Waals surface area contributed by atoms with E-state index in [1.807, 2.05) is 0 Å². The van der Waals surface area contributed by atoms with Crippen molar-refractivity contribution in [3.8, 4) is 0 Å². The molecule has 0 radical (unpaired) electrons. The molecule has 0 spiro atoms. The standard InChI is InChI=1S/C48H96N4O5/c1-4-7-10-13-16-25-32-42-56-47(54)36-28-21-17-23-30-38-51(40-33-41-52(50)43-45(49)44-53)39-31-24-18-22-29-37-48(55)57-46(34-26-19-14-11-8-5-2)35-27-20-15-12-9-6-3/h43,46,53H,4-42,44,49-50H2,1-3H3/b45-43-. The van der Waals surface area contributed by atoms with Gasteiger partial charge in [0.25, 0.3) is 0 Å². The number of hydrogen-bond donors (Lipinski definition) is 3. The van der Waals surface area contributed by atoms with Crippen molar-refractivity contribution in [2.45, 2.75) is 245 Å². The van der Waals surface area contributed by atoms with Crippen LogP contribution >= 0.6 is 0 Å². The van der Waals surface area contributed by atoms with Crippen molar-refractivity contribution >= 4 is 11.9 Å². The molecule has 9 nitrogen and oxygen atoms in total. The monoisotopic (exact) mass is 809 g/mol. The Morgan fingerprint density at radius 3 is 1.42 bits per heavy atom. The van der Waals surface area contributed by atoms with Crippen molar-refractivity contribution in [3.05, 3.63) is 11.9 Å². The van der Waals surface area contributed by atoms with E-state index in [0.29, 0.717) is 31.7 Å². The number of rotatable bonds is 45. The average molecular weight is 809 g/mol. The van der Waals surface area contributed by atoms with E-state index in [-0.39, 0.29) is 24.6 Å². The van der Waals surface area contributed by atoms with Gasteiger partial charge in [0.2, 0.25) is 0 Å². The number of carbonyl (C=O) groups is 2. The van der Waals surface area contributed by atoms with Crippen LogP contribution in [0.5, 0.6) is 0 Å². The zero-order chi connectivity index (χ0) is 41.9. The number of nitrogens with zero attached hydrogens (tertiary/aromatic N) is 2. The summed E-state index contributed by atoms with van der Waals surface area (Å²) in [5.74, 6) is 6.03. The summed E-state index contributed by atoms with van der Waals surface area (Å²) in [5, 5.41) is 10.8. The lowest BCUT2D eigenvalue weighted by Gasteiger charge is -2.24. The third-order valence-electron chi connectivity index (χ3n) is 11.2. The molecule has 0 aromatic carbocycles. The number of aliphatic hydroxyl groups is 1. The number of hydrogen-bond acceptors (Lipinski definition) is 9. The maximum absolute atomic E-state index is 12.8. The molecule has 0 fully saturated rings. The maximum atomic E-state index is 12.8. The molecule has 0 atom stereocenters. The van der Waals surface area contributed by atoms with Crippen LogP contribution in [0.25, 0.3) is 0 Å². The minimum absolute atomic E-state index is 0.00594. The number of nitrogens with two attached hydrogens (primary N) is 2. The predicted molar refractivity (Wildman–Crippen MR) is 242 cm³/mol. The summed E-state index contributed by atoms with van der Waals surface area (Å²) in [6.07, 6.45) is 40.5. The fourth-order valence-corrected chi connectivity index (χ4v) is 7.53. The molecule has 0 aromatic rings. The molecule has 57 heavy (non-hydrogen) atoms. The van der Waals surface area contributed by atoms with Gasteiger partial charge < -0.3 is 30.2 Å². The molecular formula is C48H96N4O5. The highest BCUT2D eigenvalue weighted by Crippen LogP contribution is 2.19. The lowest BCUT2D eigenvalue weighted by atomic mass is 10.0. The SMILES string of the molecule is CCCCCCCCCOC(=O)CCCCCCCN(CCCCCCCC(=O)OC(CCCCCCCC)CCCCCCCC)CCCN(N)/C=C(\N)CO. The molecule has 0 aliphatic carbocycles. The van der Waals surface area contributed by atoms with Crippen LogP contribution in [-0.2, 0) is 19.1 Å². The molecule has 5 N–H and O–H groups in total. The quantitative estimate of drug-likeness (QED) is 0.0238. The van der Waals surface area contributed by atoms with Gasteiger partial charge in [0.1, 0.15) is 6.10 Å². The van der Waals surface area contributed by atoms with Gasteiger partial charge in [0, 0.05) is 25.6 Å². The van der Waals surface area contributed by atoms with Crippen LogP contribution < -0.4 is 11.6 Å². The first-order chi connectivity index (χ1) is 27.9. The Hall–Kier alpha value is -1.84. The van der Waals surface area contributed by atoms with E-state index in [1.54, 1.807) is 11.2 Å². The Labute approximate surface area is 353 Å². The summed E-state index contributed by atoms with van der Waals surface area (Å²) in [6, 6.07) is 0.